The standard InChI is InChI=1S/C14H29N3O/c1-3-10-17(4-2)11-9-16-14(18)12-13-7-5-6-8-15-13/h13,15H,3-12H2,1-2H3,(H,16,18). The Hall–Kier alpha value is -0.610. The van der Waals surface area contributed by atoms with Crippen molar-refractivity contribution in [3.05, 3.63) is 0 Å². The smallest absolute Gasteiger partial charge is 0.221 e. The molecule has 0 aliphatic carbocycles. The Morgan fingerprint density at radius 2 is 2.17 bits per heavy atom. The van der Waals surface area contributed by atoms with Crippen molar-refractivity contribution in [1.82, 2.24) is 15.5 Å². The van der Waals surface area contributed by atoms with Gasteiger partial charge < -0.3 is 15.5 Å². The monoisotopic (exact) mass is 255 g/mol. The third-order valence-electron chi connectivity index (χ3n) is 3.58. The average Bonchev–Trinajstić information content (AvgIpc) is 2.39. The molecule has 0 saturated carbocycles. The SMILES string of the molecule is CCCN(CC)CCNC(=O)CC1CCCCN1. The van der Waals surface area contributed by atoms with E-state index in [4.69, 9.17) is 0 Å². The summed E-state index contributed by atoms with van der Waals surface area (Å²) >= 11 is 0. The van der Waals surface area contributed by atoms with E-state index in [1.807, 2.05) is 0 Å². The molecule has 1 unspecified atom stereocenters. The van der Waals surface area contributed by atoms with Crippen LogP contribution in [-0.4, -0.2) is 49.6 Å². The van der Waals surface area contributed by atoms with Crippen molar-refractivity contribution >= 4 is 5.91 Å². The molecule has 4 nitrogen and oxygen atoms in total. The fourth-order valence-electron chi connectivity index (χ4n) is 2.49. The molecule has 1 atom stereocenters. The molecule has 18 heavy (non-hydrogen) atoms. The van der Waals surface area contributed by atoms with Gasteiger partial charge >= 0.3 is 0 Å². The van der Waals surface area contributed by atoms with Crippen molar-refractivity contribution in [2.45, 2.75) is 52.0 Å². The van der Waals surface area contributed by atoms with Crippen LogP contribution < -0.4 is 10.6 Å². The number of amides is 1. The van der Waals surface area contributed by atoms with E-state index in [2.05, 4.69) is 29.4 Å². The fourth-order valence-corrected chi connectivity index (χ4v) is 2.49. The molecule has 106 valence electrons. The first-order chi connectivity index (χ1) is 8.76. The molecule has 0 aromatic heterocycles. The van der Waals surface area contributed by atoms with E-state index in [9.17, 15) is 4.79 Å². The number of hydrogen-bond donors (Lipinski definition) is 2. The molecule has 0 aromatic carbocycles. The van der Waals surface area contributed by atoms with Gasteiger partial charge in [-0.25, -0.2) is 0 Å². The van der Waals surface area contributed by atoms with Crippen LogP contribution in [0, 0.1) is 0 Å². The Balaban J connectivity index is 2.08. The molecular formula is C14H29N3O. The summed E-state index contributed by atoms with van der Waals surface area (Å²) < 4.78 is 0. The molecule has 1 rings (SSSR count). The molecule has 0 spiro atoms. The van der Waals surface area contributed by atoms with E-state index in [-0.39, 0.29) is 5.91 Å². The average molecular weight is 255 g/mol. The molecule has 1 heterocycles. The number of carbonyl (C=O) groups is 1. The highest BCUT2D eigenvalue weighted by atomic mass is 16.1. The van der Waals surface area contributed by atoms with Crippen molar-refractivity contribution in [1.29, 1.82) is 0 Å². The second-order valence-electron chi connectivity index (χ2n) is 5.14. The summed E-state index contributed by atoms with van der Waals surface area (Å²) in [5.74, 6) is 0.196. The Morgan fingerprint density at radius 3 is 2.78 bits per heavy atom. The van der Waals surface area contributed by atoms with Crippen molar-refractivity contribution in [2.24, 2.45) is 0 Å². The quantitative estimate of drug-likeness (QED) is 0.688. The second kappa shape index (κ2) is 9.34. The number of nitrogens with zero attached hydrogens (tertiary/aromatic N) is 1. The van der Waals surface area contributed by atoms with E-state index in [1.54, 1.807) is 0 Å². The highest BCUT2D eigenvalue weighted by molar-refractivity contribution is 5.76. The predicted octanol–water partition coefficient (Wildman–Crippen LogP) is 1.37. The minimum Gasteiger partial charge on any atom is -0.355 e. The first kappa shape index (κ1) is 15.4. The third kappa shape index (κ3) is 6.36. The summed E-state index contributed by atoms with van der Waals surface area (Å²) in [4.78, 5) is 14.1. The maximum atomic E-state index is 11.8. The molecule has 0 aromatic rings. The van der Waals surface area contributed by atoms with Crippen LogP contribution in [0.1, 0.15) is 46.0 Å². The molecular weight excluding hydrogens is 226 g/mol. The summed E-state index contributed by atoms with van der Waals surface area (Å²) in [6.07, 6.45) is 5.46. The highest BCUT2D eigenvalue weighted by Crippen LogP contribution is 2.09. The fraction of sp³-hybridized carbons (Fsp3) is 0.929. The summed E-state index contributed by atoms with van der Waals surface area (Å²) in [6.45, 7) is 9.36. The van der Waals surface area contributed by atoms with E-state index in [1.165, 1.54) is 19.3 Å². The lowest BCUT2D eigenvalue weighted by molar-refractivity contribution is -0.121. The van der Waals surface area contributed by atoms with Crippen molar-refractivity contribution in [3.63, 3.8) is 0 Å². The summed E-state index contributed by atoms with van der Waals surface area (Å²) in [6, 6.07) is 0.400. The topological polar surface area (TPSA) is 44.4 Å². The van der Waals surface area contributed by atoms with Crippen molar-refractivity contribution in [3.8, 4) is 0 Å². The molecule has 1 saturated heterocycles. The van der Waals surface area contributed by atoms with Gasteiger partial charge in [0, 0.05) is 25.6 Å². The maximum Gasteiger partial charge on any atom is 0.221 e. The van der Waals surface area contributed by atoms with Crippen molar-refractivity contribution in [2.75, 3.05) is 32.7 Å². The van der Waals surface area contributed by atoms with Gasteiger partial charge in [-0.3, -0.25) is 4.79 Å². The molecule has 2 N–H and O–H groups in total. The molecule has 0 bridgehead atoms. The van der Waals surface area contributed by atoms with E-state index in [0.717, 1.165) is 39.1 Å². The highest BCUT2D eigenvalue weighted by Gasteiger charge is 2.15. The normalized spacial score (nSPS) is 20.1. The van der Waals surface area contributed by atoms with Crippen LogP contribution in [0.2, 0.25) is 0 Å². The number of rotatable bonds is 8. The van der Waals surface area contributed by atoms with Gasteiger partial charge in [-0.15, -0.1) is 0 Å². The Morgan fingerprint density at radius 1 is 1.33 bits per heavy atom. The zero-order valence-corrected chi connectivity index (χ0v) is 12.0. The first-order valence-corrected chi connectivity index (χ1v) is 7.48. The van der Waals surface area contributed by atoms with Gasteiger partial charge in [-0.1, -0.05) is 20.3 Å². The predicted molar refractivity (Wildman–Crippen MR) is 75.7 cm³/mol. The number of nitrogens with one attached hydrogen (secondary N) is 2. The molecule has 0 radical (unpaired) electrons. The molecule has 1 aliphatic rings. The molecule has 1 aliphatic heterocycles. The zero-order valence-electron chi connectivity index (χ0n) is 12.0. The molecule has 1 fully saturated rings. The molecule has 4 heteroatoms. The van der Waals surface area contributed by atoms with E-state index in [0.29, 0.717) is 12.5 Å². The van der Waals surface area contributed by atoms with Crippen LogP contribution in [0.15, 0.2) is 0 Å². The van der Waals surface area contributed by atoms with Crippen LogP contribution in [-0.2, 0) is 4.79 Å². The van der Waals surface area contributed by atoms with Crippen LogP contribution in [0.5, 0.6) is 0 Å². The van der Waals surface area contributed by atoms with Gasteiger partial charge in [0.25, 0.3) is 0 Å². The van der Waals surface area contributed by atoms with Crippen LogP contribution >= 0.6 is 0 Å². The number of piperidine rings is 1. The van der Waals surface area contributed by atoms with Crippen LogP contribution in [0.3, 0.4) is 0 Å². The summed E-state index contributed by atoms with van der Waals surface area (Å²) in [5.41, 5.74) is 0. The number of likely N-dealkylation sites (N-methyl/N-ethyl adjacent to an activating group) is 1. The van der Waals surface area contributed by atoms with Gasteiger partial charge in [0.05, 0.1) is 0 Å². The lowest BCUT2D eigenvalue weighted by Gasteiger charge is -2.23. The first-order valence-electron chi connectivity index (χ1n) is 7.48. The number of hydrogen-bond acceptors (Lipinski definition) is 3. The van der Waals surface area contributed by atoms with Gasteiger partial charge in [-0.2, -0.15) is 0 Å². The van der Waals surface area contributed by atoms with Crippen molar-refractivity contribution < 1.29 is 4.79 Å². The zero-order chi connectivity index (χ0) is 13.2. The van der Waals surface area contributed by atoms with Gasteiger partial charge in [-0.05, 0) is 38.9 Å². The third-order valence-corrected chi connectivity index (χ3v) is 3.58. The second-order valence-corrected chi connectivity index (χ2v) is 5.14. The maximum absolute atomic E-state index is 11.8. The van der Waals surface area contributed by atoms with Gasteiger partial charge in [0.15, 0.2) is 0 Å². The van der Waals surface area contributed by atoms with Gasteiger partial charge in [0.1, 0.15) is 0 Å². The Labute approximate surface area is 111 Å². The Kier molecular flexibility index (Phi) is 8.01. The minimum atomic E-state index is 0.196. The lowest BCUT2D eigenvalue weighted by Crippen LogP contribution is -2.40. The van der Waals surface area contributed by atoms with Crippen LogP contribution in [0.25, 0.3) is 0 Å². The lowest BCUT2D eigenvalue weighted by atomic mass is 10.0. The number of carbonyl (C=O) groups excluding carboxylic acids is 1. The summed E-state index contributed by atoms with van der Waals surface area (Å²) in [5, 5.41) is 6.44. The van der Waals surface area contributed by atoms with E-state index < -0.39 is 0 Å². The van der Waals surface area contributed by atoms with E-state index >= 15 is 0 Å². The molecule has 1 amide bonds. The van der Waals surface area contributed by atoms with Crippen LogP contribution in [0.4, 0.5) is 0 Å². The Bertz CT molecular complexity index is 227. The van der Waals surface area contributed by atoms with Gasteiger partial charge in [0.2, 0.25) is 5.91 Å². The summed E-state index contributed by atoms with van der Waals surface area (Å²) in [7, 11) is 0. The largest absolute Gasteiger partial charge is 0.355 e. The minimum absolute atomic E-state index is 0.196.